The van der Waals surface area contributed by atoms with Crippen molar-refractivity contribution < 1.29 is 13.2 Å². The van der Waals surface area contributed by atoms with E-state index in [0.717, 1.165) is 25.7 Å². The summed E-state index contributed by atoms with van der Waals surface area (Å²) in [5.74, 6) is 1.13. The van der Waals surface area contributed by atoms with Crippen LogP contribution in [0.25, 0.3) is 0 Å². The van der Waals surface area contributed by atoms with Crippen LogP contribution in [-0.4, -0.2) is 9.97 Å². The van der Waals surface area contributed by atoms with Gasteiger partial charge in [-0.1, -0.05) is 19.8 Å². The fourth-order valence-electron chi connectivity index (χ4n) is 3.12. The van der Waals surface area contributed by atoms with Gasteiger partial charge < -0.3 is 5.32 Å². The highest BCUT2D eigenvalue weighted by Gasteiger charge is 2.39. The summed E-state index contributed by atoms with van der Waals surface area (Å²) in [5, 5.41) is 2.93. The van der Waals surface area contributed by atoms with Crippen LogP contribution in [0.3, 0.4) is 0 Å². The van der Waals surface area contributed by atoms with Gasteiger partial charge in [-0.15, -0.1) is 0 Å². The summed E-state index contributed by atoms with van der Waals surface area (Å²) < 4.78 is 39.4. The van der Waals surface area contributed by atoms with Crippen LogP contribution in [0, 0.1) is 5.92 Å². The van der Waals surface area contributed by atoms with Gasteiger partial charge in [0.15, 0.2) is 5.69 Å². The Morgan fingerprint density at radius 2 is 1.75 bits per heavy atom. The van der Waals surface area contributed by atoms with Gasteiger partial charge in [-0.2, -0.15) is 13.2 Å². The summed E-state index contributed by atoms with van der Waals surface area (Å²) in [6.07, 6.45) is -0.513. The molecule has 1 aliphatic carbocycles. The molecule has 2 aliphatic rings. The van der Waals surface area contributed by atoms with Gasteiger partial charge >= 0.3 is 6.18 Å². The van der Waals surface area contributed by atoms with E-state index in [9.17, 15) is 13.2 Å². The Morgan fingerprint density at radius 3 is 2.40 bits per heavy atom. The number of hydrogen-bond acceptors (Lipinski definition) is 3. The monoisotopic (exact) mass is 285 g/mol. The van der Waals surface area contributed by atoms with E-state index in [1.54, 1.807) is 0 Å². The molecule has 0 bridgehead atoms. The minimum absolute atomic E-state index is 0.0817. The highest BCUT2D eigenvalue weighted by Crippen LogP contribution is 2.38. The Bertz CT molecular complexity index is 505. The average molecular weight is 285 g/mol. The number of rotatable bonds is 1. The highest BCUT2D eigenvalue weighted by molar-refractivity contribution is 5.31. The first-order valence-corrected chi connectivity index (χ1v) is 7.12. The van der Waals surface area contributed by atoms with Gasteiger partial charge in [0, 0.05) is 24.6 Å². The molecule has 0 aromatic carbocycles. The molecule has 20 heavy (non-hydrogen) atoms. The third kappa shape index (κ3) is 2.53. The van der Waals surface area contributed by atoms with Crippen molar-refractivity contribution in [1.82, 2.24) is 15.3 Å². The van der Waals surface area contributed by atoms with E-state index in [4.69, 9.17) is 0 Å². The van der Waals surface area contributed by atoms with Crippen molar-refractivity contribution in [3.05, 3.63) is 22.8 Å². The minimum Gasteiger partial charge on any atom is -0.307 e. The maximum Gasteiger partial charge on any atom is 0.433 e. The predicted molar refractivity (Wildman–Crippen MR) is 68.0 cm³/mol. The van der Waals surface area contributed by atoms with Crippen LogP contribution in [-0.2, 0) is 19.3 Å². The SMILES string of the molecule is CC1CCC(c2nc3c(c(C(F)(F)F)n2)CNC3)CC1. The lowest BCUT2D eigenvalue weighted by Crippen LogP contribution is -2.19. The molecule has 1 aromatic rings. The van der Waals surface area contributed by atoms with Crippen molar-refractivity contribution in [2.75, 3.05) is 0 Å². The molecule has 0 spiro atoms. The summed E-state index contributed by atoms with van der Waals surface area (Å²) in [6, 6.07) is 0. The van der Waals surface area contributed by atoms with Crippen molar-refractivity contribution in [3.8, 4) is 0 Å². The van der Waals surface area contributed by atoms with Gasteiger partial charge in [-0.3, -0.25) is 0 Å². The molecule has 110 valence electrons. The highest BCUT2D eigenvalue weighted by atomic mass is 19.4. The molecule has 0 amide bonds. The molecule has 0 radical (unpaired) electrons. The van der Waals surface area contributed by atoms with Gasteiger partial charge in [-0.25, -0.2) is 9.97 Å². The van der Waals surface area contributed by atoms with Gasteiger partial charge in [-0.05, 0) is 18.8 Å². The maximum atomic E-state index is 13.1. The number of alkyl halides is 3. The summed E-state index contributed by atoms with van der Waals surface area (Å²) >= 11 is 0. The lowest BCUT2D eigenvalue weighted by molar-refractivity contribution is -0.142. The van der Waals surface area contributed by atoms with Crippen LogP contribution in [0.1, 0.15) is 61.3 Å². The molecule has 0 atom stereocenters. The Morgan fingerprint density at radius 1 is 1.05 bits per heavy atom. The lowest BCUT2D eigenvalue weighted by Gasteiger charge is -2.26. The molecule has 1 aromatic heterocycles. The normalized spacial score (nSPS) is 26.6. The third-order valence-corrected chi connectivity index (χ3v) is 4.35. The summed E-state index contributed by atoms with van der Waals surface area (Å²) in [5.41, 5.74) is 0.0208. The lowest BCUT2D eigenvalue weighted by atomic mass is 9.82. The van der Waals surface area contributed by atoms with E-state index in [1.165, 1.54) is 0 Å². The van der Waals surface area contributed by atoms with E-state index in [1.807, 2.05) is 0 Å². The molecular formula is C14H18F3N3. The topological polar surface area (TPSA) is 37.8 Å². The van der Waals surface area contributed by atoms with Crippen LogP contribution >= 0.6 is 0 Å². The second-order valence-corrected chi connectivity index (χ2v) is 5.91. The minimum atomic E-state index is -4.39. The standard InChI is InChI=1S/C14H18F3N3/c1-8-2-4-9(5-3-8)13-19-11-7-18-6-10(11)12(20-13)14(15,16)17/h8-9,18H,2-7H2,1H3. The molecule has 2 heterocycles. The zero-order valence-electron chi connectivity index (χ0n) is 11.4. The summed E-state index contributed by atoms with van der Waals surface area (Å²) in [4.78, 5) is 8.29. The average Bonchev–Trinajstić information content (AvgIpc) is 2.85. The smallest absolute Gasteiger partial charge is 0.307 e. The fourth-order valence-corrected chi connectivity index (χ4v) is 3.12. The molecule has 1 N–H and O–H groups in total. The van der Waals surface area contributed by atoms with Crippen molar-refractivity contribution >= 4 is 0 Å². The molecule has 3 nitrogen and oxygen atoms in total. The van der Waals surface area contributed by atoms with Crippen LogP contribution in [0.5, 0.6) is 0 Å². The molecule has 1 saturated carbocycles. The molecule has 0 unspecified atom stereocenters. The predicted octanol–water partition coefficient (Wildman–Crippen LogP) is 3.39. The first kappa shape index (κ1) is 13.8. The van der Waals surface area contributed by atoms with Crippen LogP contribution in [0.15, 0.2) is 0 Å². The first-order chi connectivity index (χ1) is 9.45. The number of fused-ring (bicyclic) bond motifs is 1. The Kier molecular flexibility index (Phi) is 3.44. The van der Waals surface area contributed by atoms with E-state index in [0.29, 0.717) is 24.0 Å². The second-order valence-electron chi connectivity index (χ2n) is 5.91. The second kappa shape index (κ2) is 4.98. The number of aromatic nitrogens is 2. The first-order valence-electron chi connectivity index (χ1n) is 7.12. The van der Waals surface area contributed by atoms with E-state index in [-0.39, 0.29) is 18.0 Å². The zero-order chi connectivity index (χ0) is 14.3. The Balaban J connectivity index is 1.96. The van der Waals surface area contributed by atoms with Gasteiger partial charge in [0.1, 0.15) is 5.82 Å². The molecule has 1 fully saturated rings. The van der Waals surface area contributed by atoms with E-state index < -0.39 is 11.9 Å². The van der Waals surface area contributed by atoms with Crippen LogP contribution < -0.4 is 5.32 Å². The van der Waals surface area contributed by atoms with Crippen LogP contribution in [0.4, 0.5) is 13.2 Å². The summed E-state index contributed by atoms with van der Waals surface area (Å²) in [6.45, 7) is 2.81. The number of halogens is 3. The largest absolute Gasteiger partial charge is 0.433 e. The molecule has 6 heteroatoms. The van der Waals surface area contributed by atoms with Crippen molar-refractivity contribution in [1.29, 1.82) is 0 Å². The van der Waals surface area contributed by atoms with Crippen molar-refractivity contribution in [2.24, 2.45) is 5.92 Å². The maximum absolute atomic E-state index is 13.1. The summed E-state index contributed by atoms with van der Waals surface area (Å²) in [7, 11) is 0. The van der Waals surface area contributed by atoms with E-state index in [2.05, 4.69) is 22.2 Å². The van der Waals surface area contributed by atoms with Gasteiger partial charge in [0.25, 0.3) is 0 Å². The van der Waals surface area contributed by atoms with Crippen molar-refractivity contribution in [2.45, 2.75) is 57.8 Å². The van der Waals surface area contributed by atoms with Gasteiger partial charge in [0.05, 0.1) is 5.69 Å². The molecular weight excluding hydrogens is 267 g/mol. The van der Waals surface area contributed by atoms with Crippen molar-refractivity contribution in [3.63, 3.8) is 0 Å². The van der Waals surface area contributed by atoms with Gasteiger partial charge in [0.2, 0.25) is 0 Å². The third-order valence-electron chi connectivity index (χ3n) is 4.35. The number of nitrogens with zero attached hydrogens (tertiary/aromatic N) is 2. The fraction of sp³-hybridized carbons (Fsp3) is 0.714. The number of nitrogens with one attached hydrogen (secondary N) is 1. The Hall–Kier alpha value is -1.17. The zero-order valence-corrected chi connectivity index (χ0v) is 11.4. The molecule has 1 aliphatic heterocycles. The molecule has 0 saturated heterocycles. The quantitative estimate of drug-likeness (QED) is 0.859. The number of hydrogen-bond donors (Lipinski definition) is 1. The van der Waals surface area contributed by atoms with Crippen LogP contribution in [0.2, 0.25) is 0 Å². The molecule has 3 rings (SSSR count). The Labute approximate surface area is 116 Å². The van der Waals surface area contributed by atoms with E-state index >= 15 is 0 Å².